The van der Waals surface area contributed by atoms with E-state index in [1.54, 1.807) is 0 Å². The molecule has 0 aromatic heterocycles. The third-order valence-corrected chi connectivity index (χ3v) is 1.55. The highest BCUT2D eigenvalue weighted by molar-refractivity contribution is 4.99. The molecule has 6 N–H and O–H groups in total. The van der Waals surface area contributed by atoms with Crippen molar-refractivity contribution in [2.45, 2.75) is 18.8 Å². The molecule has 0 fully saturated rings. The number of rotatable bonds is 7. The molecule has 0 bridgehead atoms. The molecule has 84 valence electrons. The summed E-state index contributed by atoms with van der Waals surface area (Å²) < 4.78 is 4.49. The van der Waals surface area contributed by atoms with Gasteiger partial charge in [0, 0.05) is 19.6 Å². The first kappa shape index (κ1) is 13.3. The van der Waals surface area contributed by atoms with E-state index in [0.717, 1.165) is 6.08 Å². The summed E-state index contributed by atoms with van der Waals surface area (Å²) in [5.41, 5.74) is 0. The quantitative estimate of drug-likeness (QED) is 0.239. The van der Waals surface area contributed by atoms with Gasteiger partial charge in [0.05, 0.1) is 6.61 Å². The zero-order valence-corrected chi connectivity index (χ0v) is 7.92. The molecule has 0 heterocycles. The highest BCUT2D eigenvalue weighted by atomic mass is 16.6. The Bertz CT molecular complexity index is 175. The maximum Gasteiger partial charge on any atom is 0.177 e. The van der Waals surface area contributed by atoms with Gasteiger partial charge in [-0.1, -0.05) is 0 Å². The molecule has 0 amide bonds. The third kappa shape index (κ3) is 5.12. The lowest BCUT2D eigenvalue weighted by atomic mass is 10.2. The van der Waals surface area contributed by atoms with Crippen LogP contribution in [-0.2, 0) is 14.4 Å². The second-order valence-corrected chi connectivity index (χ2v) is 2.50. The number of hydrogen-bond donors (Lipinski definition) is 4. The van der Waals surface area contributed by atoms with Crippen molar-refractivity contribution in [2.75, 3.05) is 13.7 Å². The van der Waals surface area contributed by atoms with Gasteiger partial charge in [-0.25, -0.2) is 11.8 Å². The molecule has 0 aromatic rings. The molecule has 0 aliphatic heterocycles. The first-order valence-electron chi connectivity index (χ1n) is 3.94. The van der Waals surface area contributed by atoms with Crippen molar-refractivity contribution in [3.8, 4) is 0 Å². The monoisotopic (exact) mass is 208 g/mol. The van der Waals surface area contributed by atoms with E-state index in [0.29, 0.717) is 0 Å². The summed E-state index contributed by atoms with van der Waals surface area (Å²) in [5.74, 6) is 9.46. The van der Waals surface area contributed by atoms with E-state index in [-0.39, 0.29) is 18.8 Å². The van der Waals surface area contributed by atoms with Crippen LogP contribution in [0.1, 0.15) is 6.42 Å². The number of nitrogens with two attached hydrogens (primary N) is 2. The standard InChI is InChI=1S/C7H16N2O5/c1-12-7(11)4-5(10)6(14-9)2-3-13-8/h4,6-7,10-11H,2-3,8-9H2,1H3/b5-4-/t6-,7-/m1/s1. The average molecular weight is 208 g/mol. The Morgan fingerprint density at radius 1 is 1.50 bits per heavy atom. The van der Waals surface area contributed by atoms with Crippen molar-refractivity contribution in [1.29, 1.82) is 0 Å². The lowest BCUT2D eigenvalue weighted by molar-refractivity contribution is -0.0419. The summed E-state index contributed by atoms with van der Waals surface area (Å²) >= 11 is 0. The van der Waals surface area contributed by atoms with E-state index in [9.17, 15) is 5.11 Å². The van der Waals surface area contributed by atoms with Crippen LogP contribution in [0, 0.1) is 0 Å². The molecule has 2 atom stereocenters. The average Bonchev–Trinajstić information content (AvgIpc) is 2.18. The lowest BCUT2D eigenvalue weighted by Gasteiger charge is -2.13. The smallest absolute Gasteiger partial charge is 0.177 e. The number of hydrogen-bond acceptors (Lipinski definition) is 7. The van der Waals surface area contributed by atoms with Crippen LogP contribution in [0.4, 0.5) is 0 Å². The van der Waals surface area contributed by atoms with E-state index in [2.05, 4.69) is 14.4 Å². The Balaban J connectivity index is 4.14. The highest BCUT2D eigenvalue weighted by Gasteiger charge is 2.14. The Morgan fingerprint density at radius 3 is 2.57 bits per heavy atom. The van der Waals surface area contributed by atoms with Crippen LogP contribution in [0.2, 0.25) is 0 Å². The molecule has 14 heavy (non-hydrogen) atoms. The minimum absolute atomic E-state index is 0.169. The minimum Gasteiger partial charge on any atom is -0.510 e. The van der Waals surface area contributed by atoms with E-state index < -0.39 is 12.4 Å². The Morgan fingerprint density at radius 2 is 2.14 bits per heavy atom. The second-order valence-electron chi connectivity index (χ2n) is 2.50. The molecule has 7 heteroatoms. The lowest BCUT2D eigenvalue weighted by Crippen LogP contribution is -2.24. The molecule has 7 nitrogen and oxygen atoms in total. The molecule has 0 radical (unpaired) electrons. The Kier molecular flexibility index (Phi) is 7.30. The topological polar surface area (TPSA) is 120 Å². The van der Waals surface area contributed by atoms with Gasteiger partial charge >= 0.3 is 0 Å². The molecule has 0 aliphatic rings. The third-order valence-electron chi connectivity index (χ3n) is 1.55. The SMILES string of the molecule is CO[C@@H](O)/C=C(\O)[C@@H](CCON)ON. The van der Waals surface area contributed by atoms with Gasteiger partial charge in [0.2, 0.25) is 0 Å². The predicted octanol–water partition coefficient (Wildman–Crippen LogP) is -1.07. The van der Waals surface area contributed by atoms with Crippen molar-refractivity contribution in [3.63, 3.8) is 0 Å². The van der Waals surface area contributed by atoms with Crippen LogP contribution in [0.3, 0.4) is 0 Å². The fraction of sp³-hybridized carbons (Fsp3) is 0.714. The van der Waals surface area contributed by atoms with Crippen molar-refractivity contribution >= 4 is 0 Å². The Hall–Kier alpha value is -0.700. The van der Waals surface area contributed by atoms with E-state index in [1.165, 1.54) is 7.11 Å². The largest absolute Gasteiger partial charge is 0.510 e. The van der Waals surface area contributed by atoms with Gasteiger partial charge in [-0.05, 0) is 0 Å². The van der Waals surface area contributed by atoms with Gasteiger partial charge in [-0.15, -0.1) is 0 Å². The van der Waals surface area contributed by atoms with Gasteiger partial charge < -0.3 is 19.8 Å². The molecule has 0 rings (SSSR count). The molecule has 0 unspecified atom stereocenters. The van der Waals surface area contributed by atoms with Crippen LogP contribution < -0.4 is 11.8 Å². The van der Waals surface area contributed by atoms with Crippen LogP contribution in [0.5, 0.6) is 0 Å². The summed E-state index contributed by atoms with van der Waals surface area (Å²) in [4.78, 5) is 8.73. The zero-order chi connectivity index (χ0) is 11.0. The van der Waals surface area contributed by atoms with Crippen molar-refractivity contribution in [1.82, 2.24) is 0 Å². The second kappa shape index (κ2) is 7.68. The molecule has 0 aromatic carbocycles. The number of aliphatic hydroxyl groups excluding tert-OH is 2. The van der Waals surface area contributed by atoms with Gasteiger partial charge in [0.1, 0.15) is 11.9 Å². The summed E-state index contributed by atoms with van der Waals surface area (Å²) in [6, 6.07) is 0. The fourth-order valence-corrected chi connectivity index (χ4v) is 0.782. The van der Waals surface area contributed by atoms with Gasteiger partial charge in [0.25, 0.3) is 0 Å². The van der Waals surface area contributed by atoms with Crippen molar-refractivity contribution in [2.24, 2.45) is 11.8 Å². The molecule has 0 saturated carbocycles. The minimum atomic E-state index is -1.20. The van der Waals surface area contributed by atoms with Crippen molar-refractivity contribution in [3.05, 3.63) is 11.8 Å². The van der Waals surface area contributed by atoms with Gasteiger partial charge in [0.15, 0.2) is 6.29 Å². The number of ether oxygens (including phenoxy) is 1. The van der Waals surface area contributed by atoms with Crippen LogP contribution in [0.25, 0.3) is 0 Å². The number of methoxy groups -OCH3 is 1. The summed E-state index contributed by atoms with van der Waals surface area (Å²) in [6.07, 6.45) is -0.644. The van der Waals surface area contributed by atoms with Crippen molar-refractivity contribution < 1.29 is 24.6 Å². The zero-order valence-electron chi connectivity index (χ0n) is 7.92. The molecule has 0 aliphatic carbocycles. The summed E-state index contributed by atoms with van der Waals surface area (Å²) in [6.45, 7) is 0.169. The molecular formula is C7H16N2O5. The van der Waals surface area contributed by atoms with Crippen LogP contribution in [-0.4, -0.2) is 36.3 Å². The predicted molar refractivity (Wildman–Crippen MR) is 47.5 cm³/mol. The van der Waals surface area contributed by atoms with Crippen LogP contribution in [0.15, 0.2) is 11.8 Å². The summed E-state index contributed by atoms with van der Waals surface area (Å²) in [7, 11) is 1.29. The van der Waals surface area contributed by atoms with E-state index in [4.69, 9.17) is 16.9 Å². The van der Waals surface area contributed by atoms with E-state index >= 15 is 0 Å². The van der Waals surface area contributed by atoms with E-state index in [1.807, 2.05) is 0 Å². The van der Waals surface area contributed by atoms with Crippen LogP contribution >= 0.6 is 0 Å². The highest BCUT2D eigenvalue weighted by Crippen LogP contribution is 2.07. The summed E-state index contributed by atoms with van der Waals surface area (Å²) in [5, 5.41) is 18.3. The fourth-order valence-electron chi connectivity index (χ4n) is 0.782. The first-order valence-corrected chi connectivity index (χ1v) is 3.94. The molecular weight excluding hydrogens is 192 g/mol. The maximum atomic E-state index is 9.36. The molecule has 0 saturated heterocycles. The molecule has 0 spiro atoms. The maximum absolute atomic E-state index is 9.36. The van der Waals surface area contributed by atoms with Gasteiger partial charge in [-0.3, -0.25) is 4.84 Å². The number of aliphatic hydroxyl groups is 2. The van der Waals surface area contributed by atoms with Gasteiger partial charge in [-0.2, -0.15) is 0 Å². The Labute approximate surface area is 81.8 Å². The first-order chi connectivity index (χ1) is 6.65. The normalized spacial score (nSPS) is 16.7.